The minimum Gasteiger partial charge on any atom is -0.493 e. The van der Waals surface area contributed by atoms with Crippen LogP contribution >= 0.6 is 35.3 Å². The van der Waals surface area contributed by atoms with E-state index in [0.29, 0.717) is 52.9 Å². The average molecular weight is 571 g/mol. The van der Waals surface area contributed by atoms with Crippen LogP contribution in [0.1, 0.15) is 41.5 Å². The third kappa shape index (κ3) is 10.7. The molecule has 2 aromatic carbocycles. The monoisotopic (exact) mass is 570 g/mol. The molecule has 2 rings (SSSR count). The highest BCUT2D eigenvalue weighted by Crippen LogP contribution is 2.47. The van der Waals surface area contributed by atoms with Crippen LogP contribution in [0, 0.1) is 0 Å². The maximum Gasteiger partial charge on any atom is 0.134 e. The molecule has 0 aliphatic heterocycles. The van der Waals surface area contributed by atoms with Gasteiger partial charge in [-0.2, -0.15) is 0 Å². The van der Waals surface area contributed by atoms with Crippen molar-refractivity contribution in [2.45, 2.75) is 61.1 Å². The Bertz CT molecular complexity index is 852. The molecular weight excluding hydrogens is 529 g/mol. The van der Waals surface area contributed by atoms with Crippen LogP contribution in [0.15, 0.2) is 43.8 Å². The molecule has 6 nitrogen and oxygen atoms in total. The van der Waals surface area contributed by atoms with Crippen LogP contribution < -0.4 is 18.9 Å². The fraction of sp³-hybridized carbons (Fsp3) is 0.571. The molecule has 0 atom stereocenters. The van der Waals surface area contributed by atoms with E-state index in [1.165, 1.54) is 0 Å². The van der Waals surface area contributed by atoms with Gasteiger partial charge in [0.05, 0.1) is 59.2 Å². The van der Waals surface area contributed by atoms with Crippen LogP contribution in [-0.4, -0.2) is 64.4 Å². The van der Waals surface area contributed by atoms with E-state index in [9.17, 15) is 0 Å². The van der Waals surface area contributed by atoms with Crippen molar-refractivity contribution in [3.63, 3.8) is 0 Å². The summed E-state index contributed by atoms with van der Waals surface area (Å²) < 4.78 is 35.2. The summed E-state index contributed by atoms with van der Waals surface area (Å²) >= 11 is 5.04. The molecule has 0 aliphatic rings. The summed E-state index contributed by atoms with van der Waals surface area (Å²) in [6.07, 6.45) is 0. The predicted octanol–water partition coefficient (Wildman–Crippen LogP) is 7.69. The Hall–Kier alpha value is -1.39. The lowest BCUT2D eigenvalue weighted by atomic mass is 10.3. The number of ether oxygens (including phenoxy) is 6. The van der Waals surface area contributed by atoms with E-state index in [4.69, 9.17) is 28.4 Å². The Morgan fingerprint density at radius 3 is 1.11 bits per heavy atom. The SMILES string of the molecule is CCOCCSc1cc(OCC)c(Sc2cc(OCC)c(SCCOCC)cc2OCC)cc1OCC. The Morgan fingerprint density at radius 1 is 0.459 bits per heavy atom. The van der Waals surface area contributed by atoms with E-state index < -0.39 is 0 Å². The van der Waals surface area contributed by atoms with Crippen molar-refractivity contribution in [2.24, 2.45) is 0 Å². The number of hydrogen-bond donors (Lipinski definition) is 0. The van der Waals surface area contributed by atoms with Gasteiger partial charge in [0, 0.05) is 24.7 Å². The fourth-order valence-electron chi connectivity index (χ4n) is 3.33. The van der Waals surface area contributed by atoms with Gasteiger partial charge in [0.2, 0.25) is 0 Å². The highest BCUT2D eigenvalue weighted by Gasteiger charge is 2.19. The summed E-state index contributed by atoms with van der Waals surface area (Å²) in [5.74, 6) is 5.04. The van der Waals surface area contributed by atoms with Crippen molar-refractivity contribution in [1.82, 2.24) is 0 Å². The molecule has 0 unspecified atom stereocenters. The molecule has 0 radical (unpaired) electrons. The first-order valence-electron chi connectivity index (χ1n) is 13.1. The predicted molar refractivity (Wildman–Crippen MR) is 156 cm³/mol. The second kappa shape index (κ2) is 18.8. The van der Waals surface area contributed by atoms with Gasteiger partial charge in [0.25, 0.3) is 0 Å². The van der Waals surface area contributed by atoms with E-state index in [1.54, 1.807) is 35.3 Å². The highest BCUT2D eigenvalue weighted by molar-refractivity contribution is 8.00. The lowest BCUT2D eigenvalue weighted by Gasteiger charge is -2.19. The molecule has 0 aliphatic carbocycles. The van der Waals surface area contributed by atoms with E-state index in [1.807, 2.05) is 41.5 Å². The second-order valence-corrected chi connectivity index (χ2v) is 10.8. The molecule has 0 fully saturated rings. The van der Waals surface area contributed by atoms with Crippen LogP contribution in [0.2, 0.25) is 0 Å². The Morgan fingerprint density at radius 2 is 0.784 bits per heavy atom. The molecule has 0 spiro atoms. The van der Waals surface area contributed by atoms with Crippen molar-refractivity contribution in [3.05, 3.63) is 24.3 Å². The van der Waals surface area contributed by atoms with Crippen molar-refractivity contribution >= 4 is 35.3 Å². The third-order valence-corrected chi connectivity index (χ3v) is 7.90. The summed E-state index contributed by atoms with van der Waals surface area (Å²) in [5.41, 5.74) is 0. The summed E-state index contributed by atoms with van der Waals surface area (Å²) in [7, 11) is 0. The van der Waals surface area contributed by atoms with Gasteiger partial charge in [-0.15, -0.1) is 23.5 Å². The summed E-state index contributed by atoms with van der Waals surface area (Å²) in [6.45, 7) is 17.2. The summed E-state index contributed by atoms with van der Waals surface area (Å²) in [6, 6.07) is 8.30. The molecule has 37 heavy (non-hydrogen) atoms. The van der Waals surface area contributed by atoms with Crippen LogP contribution in [-0.2, 0) is 9.47 Å². The third-order valence-electron chi connectivity index (χ3n) is 4.82. The number of rotatable bonds is 20. The van der Waals surface area contributed by atoms with Crippen LogP contribution in [0.5, 0.6) is 23.0 Å². The Kier molecular flexibility index (Phi) is 16.2. The van der Waals surface area contributed by atoms with Crippen LogP contribution in [0.3, 0.4) is 0 Å². The van der Waals surface area contributed by atoms with Gasteiger partial charge < -0.3 is 28.4 Å². The summed E-state index contributed by atoms with van der Waals surface area (Å²) in [4.78, 5) is 4.05. The minimum absolute atomic E-state index is 0.572. The summed E-state index contributed by atoms with van der Waals surface area (Å²) in [5, 5.41) is 0. The smallest absolute Gasteiger partial charge is 0.134 e. The van der Waals surface area contributed by atoms with E-state index in [2.05, 4.69) is 24.3 Å². The van der Waals surface area contributed by atoms with Crippen molar-refractivity contribution < 1.29 is 28.4 Å². The molecule has 0 saturated heterocycles. The zero-order valence-electron chi connectivity index (χ0n) is 23.1. The molecule has 9 heteroatoms. The van der Waals surface area contributed by atoms with Crippen LogP contribution in [0.4, 0.5) is 0 Å². The lowest BCUT2D eigenvalue weighted by molar-refractivity contribution is 0.164. The van der Waals surface area contributed by atoms with Crippen molar-refractivity contribution in [2.75, 3.05) is 64.4 Å². The maximum atomic E-state index is 6.08. The number of thioether (sulfide) groups is 2. The maximum absolute atomic E-state index is 6.08. The van der Waals surface area contributed by atoms with E-state index >= 15 is 0 Å². The molecule has 0 saturated carbocycles. The highest BCUT2D eigenvalue weighted by atomic mass is 32.2. The molecule has 0 N–H and O–H groups in total. The molecular formula is C28H42O6S3. The second-order valence-electron chi connectivity index (χ2n) is 7.42. The first-order valence-corrected chi connectivity index (χ1v) is 15.9. The first-order chi connectivity index (χ1) is 18.1. The van der Waals surface area contributed by atoms with Crippen molar-refractivity contribution in [3.8, 4) is 23.0 Å². The zero-order chi connectivity index (χ0) is 26.9. The van der Waals surface area contributed by atoms with Crippen LogP contribution in [0.25, 0.3) is 0 Å². The normalized spacial score (nSPS) is 11.0. The standard InChI is InChI=1S/C28H42O6S3/c1-7-29-13-15-35-25-17-23(33-11-5)27(19-21(25)31-9-3)37-28-20-22(32-10-4)26(18-24(28)34-12-6)36-16-14-30-8-2/h17-20H,7-16H2,1-6H3. The topological polar surface area (TPSA) is 55.4 Å². The molecule has 0 bridgehead atoms. The number of benzene rings is 2. The number of hydrogen-bond acceptors (Lipinski definition) is 9. The molecule has 0 heterocycles. The van der Waals surface area contributed by atoms with Crippen molar-refractivity contribution in [1.29, 1.82) is 0 Å². The van der Waals surface area contributed by atoms with Gasteiger partial charge in [-0.1, -0.05) is 11.8 Å². The van der Waals surface area contributed by atoms with E-state index in [-0.39, 0.29) is 0 Å². The van der Waals surface area contributed by atoms with Gasteiger partial charge in [-0.3, -0.25) is 0 Å². The zero-order valence-corrected chi connectivity index (χ0v) is 25.5. The fourth-order valence-corrected chi connectivity index (χ4v) is 6.08. The van der Waals surface area contributed by atoms with Gasteiger partial charge in [0.1, 0.15) is 23.0 Å². The van der Waals surface area contributed by atoms with Gasteiger partial charge in [0.15, 0.2) is 0 Å². The molecule has 0 aromatic heterocycles. The van der Waals surface area contributed by atoms with Gasteiger partial charge in [-0.25, -0.2) is 0 Å². The van der Waals surface area contributed by atoms with Gasteiger partial charge in [-0.05, 0) is 65.8 Å². The largest absolute Gasteiger partial charge is 0.493 e. The average Bonchev–Trinajstić information content (AvgIpc) is 2.89. The Labute approximate surface area is 235 Å². The van der Waals surface area contributed by atoms with Gasteiger partial charge >= 0.3 is 0 Å². The lowest BCUT2D eigenvalue weighted by Crippen LogP contribution is -2.01. The van der Waals surface area contributed by atoms with E-state index in [0.717, 1.165) is 54.1 Å². The molecule has 0 amide bonds. The Balaban J connectivity index is 2.43. The molecule has 208 valence electrons. The first kappa shape index (κ1) is 31.8. The minimum atomic E-state index is 0.572. The quantitative estimate of drug-likeness (QED) is 0.118. The molecule has 2 aromatic rings.